The molecule has 0 radical (unpaired) electrons. The summed E-state index contributed by atoms with van der Waals surface area (Å²) >= 11 is 0. The summed E-state index contributed by atoms with van der Waals surface area (Å²) in [4.78, 5) is 10.7. The number of rotatable bonds is 4. The number of hydrogen-bond acceptors (Lipinski definition) is 2. The molecule has 0 aliphatic heterocycles. The van der Waals surface area contributed by atoms with Gasteiger partial charge in [0.1, 0.15) is 6.61 Å². The van der Waals surface area contributed by atoms with Gasteiger partial charge in [0.2, 0.25) is 0 Å². The number of carbonyl (C=O) groups is 1. The molecule has 0 heterocycles. The third-order valence-corrected chi connectivity index (χ3v) is 2.56. The molecule has 0 fully saturated rings. The highest BCUT2D eigenvalue weighted by molar-refractivity contribution is 5.79. The maximum atomic E-state index is 13.1. The Morgan fingerprint density at radius 3 is 1.67 bits per heavy atom. The lowest BCUT2D eigenvalue weighted by molar-refractivity contribution is -0.348. The summed E-state index contributed by atoms with van der Waals surface area (Å²) in [6.45, 7) is -2.06. The molecular formula is C11H3F11O2. The number of alkyl halides is 7. The molecule has 0 bridgehead atoms. The Labute approximate surface area is 124 Å². The molecule has 2 nitrogen and oxygen atoms in total. The zero-order valence-electron chi connectivity index (χ0n) is 10.8. The van der Waals surface area contributed by atoms with Crippen LogP contribution in [0.4, 0.5) is 48.3 Å². The first-order valence-corrected chi connectivity index (χ1v) is 5.46. The van der Waals surface area contributed by atoms with Gasteiger partial charge in [-0.3, -0.25) is 0 Å². The normalized spacial score (nSPS) is 13.1. The number of esters is 1. The van der Waals surface area contributed by atoms with Crippen LogP contribution in [0.5, 0.6) is 0 Å². The van der Waals surface area contributed by atoms with Gasteiger partial charge in [0, 0.05) is 6.07 Å². The highest BCUT2D eigenvalue weighted by Gasteiger charge is 2.77. The Hall–Kier alpha value is -2.08. The quantitative estimate of drug-likeness (QED) is 0.449. The molecule has 24 heavy (non-hydrogen) atoms. The average Bonchev–Trinajstić information content (AvgIpc) is 2.43. The number of ether oxygens (including phenoxy) is 1. The SMILES string of the molecule is O=C(OCc1c(F)c(F)cc(F)c1F)C(F)(F)C(F)(F)C(F)(F)F. The molecule has 0 saturated heterocycles. The van der Waals surface area contributed by atoms with Crippen molar-refractivity contribution in [3.63, 3.8) is 0 Å². The molecule has 0 unspecified atom stereocenters. The van der Waals surface area contributed by atoms with Crippen molar-refractivity contribution in [2.45, 2.75) is 24.6 Å². The molecule has 0 aliphatic rings. The van der Waals surface area contributed by atoms with Crippen LogP contribution in [0.25, 0.3) is 0 Å². The summed E-state index contributed by atoms with van der Waals surface area (Å²) in [6.07, 6.45) is -6.85. The first-order chi connectivity index (χ1) is 10.6. The molecule has 0 aromatic heterocycles. The van der Waals surface area contributed by atoms with Crippen molar-refractivity contribution in [2.24, 2.45) is 0 Å². The van der Waals surface area contributed by atoms with Crippen molar-refractivity contribution in [3.8, 4) is 0 Å². The van der Waals surface area contributed by atoms with Gasteiger partial charge in [-0.25, -0.2) is 22.4 Å². The van der Waals surface area contributed by atoms with Crippen molar-refractivity contribution < 1.29 is 57.8 Å². The molecule has 0 atom stereocenters. The van der Waals surface area contributed by atoms with Crippen LogP contribution in [0.1, 0.15) is 5.56 Å². The summed E-state index contributed by atoms with van der Waals surface area (Å²) in [7, 11) is 0. The molecule has 0 saturated carbocycles. The van der Waals surface area contributed by atoms with Gasteiger partial charge >= 0.3 is 24.0 Å². The van der Waals surface area contributed by atoms with E-state index in [9.17, 15) is 53.1 Å². The Bertz CT molecular complexity index is 624. The number of hydrogen-bond donors (Lipinski definition) is 0. The van der Waals surface area contributed by atoms with Crippen LogP contribution in [0.3, 0.4) is 0 Å². The second-order valence-corrected chi connectivity index (χ2v) is 4.17. The maximum Gasteiger partial charge on any atom is 0.460 e. The van der Waals surface area contributed by atoms with Crippen molar-refractivity contribution >= 4 is 5.97 Å². The Kier molecular flexibility index (Phi) is 5.07. The minimum atomic E-state index is -6.86. The molecule has 0 N–H and O–H groups in total. The summed E-state index contributed by atoms with van der Waals surface area (Å²) in [5.41, 5.74) is -1.80. The molecule has 0 spiro atoms. The molecule has 0 amide bonds. The Balaban J connectivity index is 3.07. The summed E-state index contributed by atoms with van der Waals surface area (Å²) in [6, 6.07) is -0.303. The number of carbonyl (C=O) groups excluding carboxylic acids is 1. The fraction of sp³-hybridized carbons (Fsp3) is 0.364. The molecule has 1 aromatic rings. The number of halogens is 11. The lowest BCUT2D eigenvalue weighted by Crippen LogP contribution is -2.56. The van der Waals surface area contributed by atoms with Crippen LogP contribution < -0.4 is 0 Å². The predicted octanol–water partition coefficient (Wildman–Crippen LogP) is 4.12. The molecule has 1 rings (SSSR count). The predicted molar refractivity (Wildman–Crippen MR) is 52.0 cm³/mol. The van der Waals surface area contributed by atoms with E-state index in [4.69, 9.17) is 0 Å². The second-order valence-electron chi connectivity index (χ2n) is 4.17. The van der Waals surface area contributed by atoms with Crippen LogP contribution in [0.2, 0.25) is 0 Å². The van der Waals surface area contributed by atoms with E-state index in [1.165, 1.54) is 0 Å². The zero-order valence-corrected chi connectivity index (χ0v) is 10.8. The van der Waals surface area contributed by atoms with E-state index in [0.717, 1.165) is 0 Å². The summed E-state index contributed by atoms with van der Waals surface area (Å²) in [5, 5.41) is 0. The Morgan fingerprint density at radius 1 is 0.875 bits per heavy atom. The molecule has 136 valence electrons. The largest absolute Gasteiger partial charge is 0.460 e. The summed E-state index contributed by atoms with van der Waals surface area (Å²) < 4.78 is 141. The fourth-order valence-electron chi connectivity index (χ4n) is 1.28. The van der Waals surface area contributed by atoms with Crippen molar-refractivity contribution in [1.82, 2.24) is 0 Å². The van der Waals surface area contributed by atoms with Crippen LogP contribution >= 0.6 is 0 Å². The van der Waals surface area contributed by atoms with Crippen LogP contribution in [-0.4, -0.2) is 24.0 Å². The van der Waals surface area contributed by atoms with E-state index >= 15 is 0 Å². The standard InChI is InChI=1S/C11H3F11O2/c12-4-1-5(13)7(15)3(6(4)14)2-24-8(23)9(16,17)10(18,19)11(20,21)22/h1H,2H2. The minimum absolute atomic E-state index is 0.303. The van der Waals surface area contributed by atoms with Crippen LogP contribution in [0, 0.1) is 23.3 Å². The minimum Gasteiger partial charge on any atom is -0.456 e. The molecular weight excluding hydrogens is 373 g/mol. The van der Waals surface area contributed by atoms with Gasteiger partial charge in [-0.15, -0.1) is 0 Å². The third kappa shape index (κ3) is 3.24. The van der Waals surface area contributed by atoms with Gasteiger partial charge in [0.15, 0.2) is 23.3 Å². The van der Waals surface area contributed by atoms with E-state index in [2.05, 4.69) is 4.74 Å². The highest BCUT2D eigenvalue weighted by atomic mass is 19.4. The van der Waals surface area contributed by atoms with Gasteiger partial charge in [0.25, 0.3) is 0 Å². The van der Waals surface area contributed by atoms with Gasteiger partial charge in [0.05, 0.1) is 5.56 Å². The maximum absolute atomic E-state index is 13.1. The van der Waals surface area contributed by atoms with Crippen LogP contribution in [0.15, 0.2) is 6.07 Å². The van der Waals surface area contributed by atoms with E-state index < -0.39 is 59.4 Å². The summed E-state index contributed by atoms with van der Waals surface area (Å²) in [5.74, 6) is -25.3. The zero-order chi connectivity index (χ0) is 19.1. The van der Waals surface area contributed by atoms with Crippen molar-refractivity contribution in [2.75, 3.05) is 0 Å². The van der Waals surface area contributed by atoms with Gasteiger partial charge in [-0.05, 0) is 0 Å². The molecule has 13 heteroatoms. The van der Waals surface area contributed by atoms with E-state index in [0.29, 0.717) is 0 Å². The average molecular weight is 376 g/mol. The lowest BCUT2D eigenvalue weighted by atomic mass is 10.1. The number of benzene rings is 1. The monoisotopic (exact) mass is 376 g/mol. The molecule has 0 aliphatic carbocycles. The highest BCUT2D eigenvalue weighted by Crippen LogP contribution is 2.47. The Morgan fingerprint density at radius 2 is 1.29 bits per heavy atom. The molecule has 1 aromatic carbocycles. The lowest BCUT2D eigenvalue weighted by Gasteiger charge is -2.26. The van der Waals surface area contributed by atoms with Crippen LogP contribution in [-0.2, 0) is 16.1 Å². The van der Waals surface area contributed by atoms with E-state index in [-0.39, 0.29) is 6.07 Å². The van der Waals surface area contributed by atoms with E-state index in [1.54, 1.807) is 0 Å². The van der Waals surface area contributed by atoms with Crippen molar-refractivity contribution in [3.05, 3.63) is 34.9 Å². The first-order valence-electron chi connectivity index (χ1n) is 5.46. The third-order valence-electron chi connectivity index (χ3n) is 2.56. The second kappa shape index (κ2) is 6.09. The topological polar surface area (TPSA) is 26.3 Å². The van der Waals surface area contributed by atoms with Gasteiger partial charge in [-0.1, -0.05) is 0 Å². The van der Waals surface area contributed by atoms with Gasteiger partial charge < -0.3 is 4.74 Å². The van der Waals surface area contributed by atoms with Crippen molar-refractivity contribution in [1.29, 1.82) is 0 Å². The smallest absolute Gasteiger partial charge is 0.456 e. The van der Waals surface area contributed by atoms with E-state index in [1.807, 2.05) is 0 Å². The fourth-order valence-corrected chi connectivity index (χ4v) is 1.28. The first kappa shape index (κ1) is 20.0. The van der Waals surface area contributed by atoms with Gasteiger partial charge in [-0.2, -0.15) is 30.7 Å².